The Bertz CT molecular complexity index is 555. The van der Waals surface area contributed by atoms with E-state index in [2.05, 4.69) is 0 Å². The summed E-state index contributed by atoms with van der Waals surface area (Å²) < 4.78 is 5.15. The molecule has 1 aromatic carbocycles. The fraction of sp³-hybridized carbons (Fsp3) is 0.579. The van der Waals surface area contributed by atoms with E-state index in [0.717, 1.165) is 37.1 Å². The van der Waals surface area contributed by atoms with Crippen LogP contribution in [0.2, 0.25) is 0 Å². The lowest BCUT2D eigenvalue weighted by Crippen LogP contribution is -2.46. The van der Waals surface area contributed by atoms with Gasteiger partial charge in [0, 0.05) is 24.9 Å². The number of methoxy groups -OCH3 is 1. The Morgan fingerprint density at radius 2 is 2.00 bits per heavy atom. The van der Waals surface area contributed by atoms with Crippen LogP contribution in [-0.2, 0) is 16.0 Å². The molecule has 2 rings (SSSR count). The first-order chi connectivity index (χ1) is 11.5. The van der Waals surface area contributed by atoms with E-state index in [1.807, 2.05) is 36.1 Å². The minimum atomic E-state index is -0.792. The van der Waals surface area contributed by atoms with E-state index >= 15 is 0 Å². The summed E-state index contributed by atoms with van der Waals surface area (Å²) >= 11 is 0. The van der Waals surface area contributed by atoms with Gasteiger partial charge in [0.1, 0.15) is 5.75 Å². The van der Waals surface area contributed by atoms with Gasteiger partial charge < -0.3 is 14.7 Å². The summed E-state index contributed by atoms with van der Waals surface area (Å²) in [5.74, 6) is 0.0477. The second-order valence-corrected chi connectivity index (χ2v) is 6.57. The highest BCUT2D eigenvalue weighted by atomic mass is 16.5. The van der Waals surface area contributed by atoms with Crippen LogP contribution < -0.4 is 4.74 Å². The highest BCUT2D eigenvalue weighted by Crippen LogP contribution is 2.24. The molecule has 24 heavy (non-hydrogen) atoms. The summed E-state index contributed by atoms with van der Waals surface area (Å²) in [7, 11) is 1.63. The predicted molar refractivity (Wildman–Crippen MR) is 92.1 cm³/mol. The van der Waals surface area contributed by atoms with Gasteiger partial charge in [-0.25, -0.2) is 0 Å². The summed E-state index contributed by atoms with van der Waals surface area (Å²) in [6.45, 7) is 2.70. The number of benzene rings is 1. The van der Waals surface area contributed by atoms with Crippen molar-refractivity contribution < 1.29 is 19.4 Å². The third-order valence-electron chi connectivity index (χ3n) is 4.72. The van der Waals surface area contributed by atoms with E-state index < -0.39 is 5.97 Å². The number of carboxylic acid groups (broad SMARTS) is 1. The molecule has 2 atom stereocenters. The van der Waals surface area contributed by atoms with E-state index in [0.29, 0.717) is 12.8 Å². The molecule has 1 saturated heterocycles. The van der Waals surface area contributed by atoms with Gasteiger partial charge >= 0.3 is 5.97 Å². The van der Waals surface area contributed by atoms with Crippen molar-refractivity contribution in [3.63, 3.8) is 0 Å². The van der Waals surface area contributed by atoms with E-state index in [9.17, 15) is 9.59 Å². The Labute approximate surface area is 143 Å². The molecule has 132 valence electrons. The van der Waals surface area contributed by atoms with Crippen molar-refractivity contribution in [2.45, 2.75) is 51.5 Å². The average molecular weight is 333 g/mol. The number of aliphatic carboxylic acids is 1. The minimum Gasteiger partial charge on any atom is -0.497 e. The molecule has 1 amide bonds. The first kappa shape index (κ1) is 18.3. The average Bonchev–Trinajstić information content (AvgIpc) is 2.60. The number of nitrogens with zero attached hydrogens (tertiary/aromatic N) is 1. The Morgan fingerprint density at radius 1 is 1.29 bits per heavy atom. The monoisotopic (exact) mass is 333 g/mol. The predicted octanol–water partition coefficient (Wildman–Crippen LogP) is 3.12. The number of ether oxygens (including phenoxy) is 1. The number of hydrogen-bond donors (Lipinski definition) is 1. The molecule has 0 aromatic heterocycles. The van der Waals surface area contributed by atoms with Crippen LogP contribution in [0.3, 0.4) is 0 Å². The second kappa shape index (κ2) is 8.71. The number of amides is 1. The molecule has 1 heterocycles. The van der Waals surface area contributed by atoms with Gasteiger partial charge in [-0.2, -0.15) is 0 Å². The Balaban J connectivity index is 1.97. The van der Waals surface area contributed by atoms with E-state index in [4.69, 9.17) is 9.84 Å². The van der Waals surface area contributed by atoms with Crippen molar-refractivity contribution in [3.05, 3.63) is 29.8 Å². The fourth-order valence-electron chi connectivity index (χ4n) is 3.37. The summed E-state index contributed by atoms with van der Waals surface area (Å²) in [6, 6.07) is 7.86. The van der Waals surface area contributed by atoms with Crippen molar-refractivity contribution in [2.24, 2.45) is 5.92 Å². The molecule has 1 fully saturated rings. The minimum absolute atomic E-state index is 0.0701. The Hall–Kier alpha value is -2.04. The lowest BCUT2D eigenvalue weighted by Gasteiger charge is -2.37. The maximum absolute atomic E-state index is 12.8. The van der Waals surface area contributed by atoms with Crippen LogP contribution in [0.25, 0.3) is 0 Å². The molecular formula is C19H27NO4. The van der Waals surface area contributed by atoms with Crippen molar-refractivity contribution >= 4 is 11.9 Å². The molecule has 1 aliphatic rings. The summed E-state index contributed by atoms with van der Waals surface area (Å²) in [6.07, 6.45) is 4.35. The van der Waals surface area contributed by atoms with Crippen LogP contribution in [0.1, 0.15) is 44.6 Å². The van der Waals surface area contributed by atoms with Crippen LogP contribution in [0.15, 0.2) is 24.3 Å². The normalized spacial score (nSPS) is 18.9. The van der Waals surface area contributed by atoms with Gasteiger partial charge in [0.15, 0.2) is 0 Å². The number of piperidine rings is 1. The largest absolute Gasteiger partial charge is 0.497 e. The van der Waals surface area contributed by atoms with Gasteiger partial charge in [0.2, 0.25) is 5.91 Å². The highest BCUT2D eigenvalue weighted by Gasteiger charge is 2.29. The number of carboxylic acids is 1. The van der Waals surface area contributed by atoms with Gasteiger partial charge in [-0.15, -0.1) is 0 Å². The first-order valence-corrected chi connectivity index (χ1v) is 8.66. The van der Waals surface area contributed by atoms with Crippen LogP contribution in [0, 0.1) is 5.92 Å². The maximum atomic E-state index is 12.8. The van der Waals surface area contributed by atoms with E-state index in [-0.39, 0.29) is 24.3 Å². The number of carbonyl (C=O) groups is 2. The molecule has 0 aliphatic carbocycles. The molecule has 0 unspecified atom stereocenters. The van der Waals surface area contributed by atoms with E-state index in [1.54, 1.807) is 7.11 Å². The zero-order chi connectivity index (χ0) is 17.5. The molecule has 1 aromatic rings. The van der Waals surface area contributed by atoms with Gasteiger partial charge in [0.05, 0.1) is 7.11 Å². The molecule has 0 radical (unpaired) electrons. The number of rotatable bonds is 7. The van der Waals surface area contributed by atoms with E-state index in [1.165, 1.54) is 0 Å². The molecule has 0 bridgehead atoms. The maximum Gasteiger partial charge on any atom is 0.303 e. The number of carbonyl (C=O) groups excluding carboxylic acids is 1. The zero-order valence-electron chi connectivity index (χ0n) is 14.5. The van der Waals surface area contributed by atoms with Crippen LogP contribution in [0.4, 0.5) is 0 Å². The third kappa shape index (κ3) is 4.98. The topological polar surface area (TPSA) is 66.8 Å². The molecule has 1 N–H and O–H groups in total. The lowest BCUT2D eigenvalue weighted by atomic mass is 9.94. The summed E-state index contributed by atoms with van der Waals surface area (Å²) in [5, 5.41) is 8.90. The standard InChI is InChI=1S/C19H27NO4/c1-14(13-15-6-9-17(24-2)10-7-15)19(23)20-12-4-3-5-16(20)8-11-18(21)22/h6-7,9-10,14,16H,3-5,8,11-13H2,1-2H3,(H,21,22)/t14-,16-/m1/s1. The van der Waals surface area contributed by atoms with Gasteiger partial charge in [0.25, 0.3) is 0 Å². The molecule has 5 nitrogen and oxygen atoms in total. The molecule has 1 aliphatic heterocycles. The highest BCUT2D eigenvalue weighted by molar-refractivity contribution is 5.79. The van der Waals surface area contributed by atoms with Crippen molar-refractivity contribution in [2.75, 3.05) is 13.7 Å². The van der Waals surface area contributed by atoms with Crippen LogP contribution in [-0.4, -0.2) is 41.6 Å². The summed E-state index contributed by atoms with van der Waals surface area (Å²) in [5.41, 5.74) is 1.11. The first-order valence-electron chi connectivity index (χ1n) is 8.66. The third-order valence-corrected chi connectivity index (χ3v) is 4.72. The SMILES string of the molecule is COc1ccc(C[C@@H](C)C(=O)N2CCCC[C@@H]2CCC(=O)O)cc1. The fourth-order valence-corrected chi connectivity index (χ4v) is 3.37. The van der Waals surface area contributed by atoms with Crippen LogP contribution in [0.5, 0.6) is 5.75 Å². The second-order valence-electron chi connectivity index (χ2n) is 6.57. The molecule has 0 spiro atoms. The Kier molecular flexibility index (Phi) is 6.64. The van der Waals surface area contributed by atoms with Crippen molar-refractivity contribution in [1.82, 2.24) is 4.90 Å². The van der Waals surface area contributed by atoms with Gasteiger partial charge in [-0.1, -0.05) is 19.1 Å². The zero-order valence-corrected chi connectivity index (χ0v) is 14.5. The van der Waals surface area contributed by atoms with Gasteiger partial charge in [-0.3, -0.25) is 9.59 Å². The molecule has 0 saturated carbocycles. The van der Waals surface area contributed by atoms with Crippen molar-refractivity contribution in [3.8, 4) is 5.75 Å². The van der Waals surface area contributed by atoms with Gasteiger partial charge in [-0.05, 0) is 49.8 Å². The van der Waals surface area contributed by atoms with Crippen LogP contribution >= 0.6 is 0 Å². The smallest absolute Gasteiger partial charge is 0.303 e. The molecule has 5 heteroatoms. The quantitative estimate of drug-likeness (QED) is 0.832. The number of hydrogen-bond acceptors (Lipinski definition) is 3. The number of likely N-dealkylation sites (tertiary alicyclic amines) is 1. The molecular weight excluding hydrogens is 306 g/mol. The Morgan fingerprint density at radius 3 is 2.62 bits per heavy atom. The summed E-state index contributed by atoms with van der Waals surface area (Å²) in [4.78, 5) is 25.6. The van der Waals surface area contributed by atoms with Crippen molar-refractivity contribution in [1.29, 1.82) is 0 Å². The lowest BCUT2D eigenvalue weighted by molar-refractivity contribution is -0.142.